The van der Waals surface area contributed by atoms with E-state index in [1.165, 1.54) is 24.8 Å². The number of nitrogens with zero attached hydrogens (tertiary/aromatic N) is 2. The lowest BCUT2D eigenvalue weighted by atomic mass is 10.1. The van der Waals surface area contributed by atoms with E-state index in [9.17, 15) is 0 Å². The molecule has 1 aromatic rings. The van der Waals surface area contributed by atoms with Gasteiger partial charge in [0.25, 0.3) is 0 Å². The van der Waals surface area contributed by atoms with Crippen LogP contribution in [0.4, 0.5) is 0 Å². The van der Waals surface area contributed by atoms with E-state index in [1.807, 2.05) is 6.92 Å². The molecule has 1 aliphatic rings. The minimum absolute atomic E-state index is 0.253. The summed E-state index contributed by atoms with van der Waals surface area (Å²) in [6.45, 7) is 4.19. The van der Waals surface area contributed by atoms with Crippen molar-refractivity contribution in [2.24, 2.45) is 5.73 Å². The first-order chi connectivity index (χ1) is 8.13. The van der Waals surface area contributed by atoms with E-state index in [0.717, 1.165) is 24.4 Å². The van der Waals surface area contributed by atoms with Gasteiger partial charge in [-0.15, -0.1) is 0 Å². The Morgan fingerprint density at radius 2 is 2.35 bits per heavy atom. The van der Waals surface area contributed by atoms with Crippen LogP contribution in [0.25, 0.3) is 0 Å². The van der Waals surface area contributed by atoms with E-state index in [1.54, 1.807) is 4.68 Å². The van der Waals surface area contributed by atoms with Crippen LogP contribution in [0.3, 0.4) is 0 Å². The smallest absolute Gasteiger partial charge is 0.222 e. The van der Waals surface area contributed by atoms with Gasteiger partial charge in [0.15, 0.2) is 5.11 Å². The maximum atomic E-state index is 5.90. The number of hydrogen-bond donors (Lipinski definition) is 1. The Hall–Kier alpha value is -1.10. The van der Waals surface area contributed by atoms with Crippen LogP contribution in [0.5, 0.6) is 5.88 Å². The van der Waals surface area contributed by atoms with Crippen molar-refractivity contribution < 1.29 is 4.74 Å². The highest BCUT2D eigenvalue weighted by atomic mass is 32.1. The third kappa shape index (κ3) is 2.44. The summed E-state index contributed by atoms with van der Waals surface area (Å²) in [5.41, 5.74) is 7.76. The highest BCUT2D eigenvalue weighted by Gasteiger charge is 2.29. The Balaban J connectivity index is 2.06. The zero-order valence-electron chi connectivity index (χ0n) is 10.4. The molecule has 2 N–H and O–H groups in total. The van der Waals surface area contributed by atoms with Crippen molar-refractivity contribution >= 4 is 17.3 Å². The van der Waals surface area contributed by atoms with Gasteiger partial charge in [-0.05, 0) is 32.0 Å². The second kappa shape index (κ2) is 5.04. The predicted octanol–water partition coefficient (Wildman–Crippen LogP) is 2.17. The van der Waals surface area contributed by atoms with Gasteiger partial charge in [0, 0.05) is 12.0 Å². The number of hydrogen-bond acceptors (Lipinski definition) is 3. The van der Waals surface area contributed by atoms with Crippen molar-refractivity contribution in [2.45, 2.75) is 52.1 Å². The molecule has 1 aromatic heterocycles. The maximum absolute atomic E-state index is 5.90. The van der Waals surface area contributed by atoms with Crippen molar-refractivity contribution in [3.63, 3.8) is 0 Å². The zero-order valence-corrected chi connectivity index (χ0v) is 11.2. The first kappa shape index (κ1) is 12.4. The van der Waals surface area contributed by atoms with Gasteiger partial charge in [0.2, 0.25) is 5.88 Å². The van der Waals surface area contributed by atoms with Crippen molar-refractivity contribution in [3.05, 3.63) is 11.3 Å². The fraction of sp³-hybridized carbons (Fsp3) is 0.667. The Morgan fingerprint density at radius 3 is 3.00 bits per heavy atom. The summed E-state index contributed by atoms with van der Waals surface area (Å²) in [5.74, 6) is 0.761. The van der Waals surface area contributed by atoms with Gasteiger partial charge in [-0.1, -0.05) is 19.8 Å². The lowest BCUT2D eigenvalue weighted by molar-refractivity contribution is 0.204. The lowest BCUT2D eigenvalue weighted by Crippen LogP contribution is -2.23. The van der Waals surface area contributed by atoms with Crippen LogP contribution in [-0.2, 0) is 6.42 Å². The number of nitrogens with two attached hydrogens (primary N) is 1. The molecule has 94 valence electrons. The minimum atomic E-state index is 0.253. The molecule has 0 aliphatic carbocycles. The van der Waals surface area contributed by atoms with Crippen molar-refractivity contribution in [2.75, 3.05) is 0 Å². The number of aryl methyl sites for hydroxylation is 1. The highest BCUT2D eigenvalue weighted by molar-refractivity contribution is 7.80. The van der Waals surface area contributed by atoms with Crippen LogP contribution in [0.2, 0.25) is 0 Å². The topological polar surface area (TPSA) is 53.1 Å². The first-order valence-electron chi connectivity index (χ1n) is 6.18. The van der Waals surface area contributed by atoms with Crippen LogP contribution < -0.4 is 10.5 Å². The van der Waals surface area contributed by atoms with Gasteiger partial charge in [-0.3, -0.25) is 0 Å². The van der Waals surface area contributed by atoms with Gasteiger partial charge in [-0.2, -0.15) is 9.78 Å². The average Bonchev–Trinajstić information content (AvgIpc) is 2.80. The molecule has 0 spiro atoms. The highest BCUT2D eigenvalue weighted by Crippen LogP contribution is 2.32. The number of fused-ring (bicyclic) bond motifs is 1. The summed E-state index contributed by atoms with van der Waals surface area (Å²) in [5, 5.41) is 4.54. The van der Waals surface area contributed by atoms with Gasteiger partial charge < -0.3 is 10.5 Å². The molecule has 5 heteroatoms. The maximum Gasteiger partial charge on any atom is 0.222 e. The largest absolute Gasteiger partial charge is 0.474 e. The molecular formula is C12H19N3OS. The number of rotatable bonds is 4. The minimum Gasteiger partial charge on any atom is -0.474 e. The van der Waals surface area contributed by atoms with Crippen LogP contribution in [-0.4, -0.2) is 21.0 Å². The van der Waals surface area contributed by atoms with E-state index in [-0.39, 0.29) is 11.2 Å². The monoisotopic (exact) mass is 253 g/mol. The molecule has 17 heavy (non-hydrogen) atoms. The Morgan fingerprint density at radius 1 is 1.59 bits per heavy atom. The third-order valence-electron chi connectivity index (χ3n) is 3.19. The molecule has 2 heterocycles. The predicted molar refractivity (Wildman–Crippen MR) is 71.4 cm³/mol. The molecule has 0 aromatic carbocycles. The second-order valence-corrected chi connectivity index (χ2v) is 4.98. The van der Waals surface area contributed by atoms with Crippen molar-refractivity contribution in [1.82, 2.24) is 9.78 Å². The number of aromatic nitrogens is 2. The Labute approximate surface area is 107 Å². The molecule has 0 bridgehead atoms. The summed E-state index contributed by atoms with van der Waals surface area (Å²) >= 11 is 4.96. The molecule has 0 saturated heterocycles. The van der Waals surface area contributed by atoms with Crippen LogP contribution >= 0.6 is 12.2 Å². The molecule has 0 saturated carbocycles. The summed E-state index contributed by atoms with van der Waals surface area (Å²) < 4.78 is 7.44. The summed E-state index contributed by atoms with van der Waals surface area (Å²) in [6.07, 6.45) is 6.02. The third-order valence-corrected chi connectivity index (χ3v) is 3.36. The van der Waals surface area contributed by atoms with E-state index < -0.39 is 0 Å². The van der Waals surface area contributed by atoms with Gasteiger partial charge in [0.05, 0.1) is 5.69 Å². The molecule has 0 amide bonds. The normalized spacial score (nSPS) is 17.9. The standard InChI is InChI=1S/C12H19N3OS/c1-3-4-5-6-9-7-10-8(2)14-15(12(13)17)11(10)16-9/h9H,3-7H2,1-2H3,(H2,13,17)/t9-/m0/s1. The number of thiocarbonyl (C=S) groups is 1. The Bertz CT molecular complexity index is 428. The molecule has 4 nitrogen and oxygen atoms in total. The Kier molecular flexibility index (Phi) is 3.66. The molecule has 0 unspecified atom stereocenters. The molecule has 1 atom stereocenters. The SMILES string of the molecule is CCCCC[C@H]1Cc2c(C)nn(C(N)=S)c2O1. The molecule has 2 rings (SSSR count). The number of ether oxygens (including phenoxy) is 1. The zero-order chi connectivity index (χ0) is 12.4. The summed E-state index contributed by atoms with van der Waals surface area (Å²) in [7, 11) is 0. The van der Waals surface area contributed by atoms with Crippen LogP contribution in [0, 0.1) is 6.92 Å². The molecule has 0 radical (unpaired) electrons. The van der Waals surface area contributed by atoms with E-state index >= 15 is 0 Å². The van der Waals surface area contributed by atoms with Crippen LogP contribution in [0.1, 0.15) is 43.9 Å². The second-order valence-electron chi connectivity index (χ2n) is 4.56. The quantitative estimate of drug-likeness (QED) is 0.660. The molecule has 1 aliphatic heterocycles. The fourth-order valence-corrected chi connectivity index (χ4v) is 2.38. The first-order valence-corrected chi connectivity index (χ1v) is 6.59. The van der Waals surface area contributed by atoms with E-state index in [4.69, 9.17) is 22.7 Å². The van der Waals surface area contributed by atoms with Crippen molar-refractivity contribution in [3.8, 4) is 5.88 Å². The van der Waals surface area contributed by atoms with Crippen molar-refractivity contribution in [1.29, 1.82) is 0 Å². The van der Waals surface area contributed by atoms with Gasteiger partial charge >= 0.3 is 0 Å². The fourth-order valence-electron chi connectivity index (χ4n) is 2.25. The van der Waals surface area contributed by atoms with Crippen LogP contribution in [0.15, 0.2) is 0 Å². The molecule has 0 fully saturated rings. The summed E-state index contributed by atoms with van der Waals surface area (Å²) in [4.78, 5) is 0. The van der Waals surface area contributed by atoms with E-state index in [0.29, 0.717) is 0 Å². The lowest BCUT2D eigenvalue weighted by Gasteiger charge is -2.11. The summed E-state index contributed by atoms with van der Waals surface area (Å²) in [6, 6.07) is 0. The van der Waals surface area contributed by atoms with E-state index in [2.05, 4.69) is 12.0 Å². The van der Waals surface area contributed by atoms with Gasteiger partial charge in [0.1, 0.15) is 6.10 Å². The van der Waals surface area contributed by atoms with Gasteiger partial charge in [-0.25, -0.2) is 0 Å². The number of unbranched alkanes of at least 4 members (excludes halogenated alkanes) is 2. The average molecular weight is 253 g/mol. The molecular weight excluding hydrogens is 234 g/mol.